The van der Waals surface area contributed by atoms with E-state index < -0.39 is 30.4 Å². The van der Waals surface area contributed by atoms with Gasteiger partial charge in [-0.15, -0.1) is 0 Å². The second-order valence-electron chi connectivity index (χ2n) is 6.15. The van der Waals surface area contributed by atoms with E-state index >= 15 is 0 Å². The number of carbonyl (C=O) groups is 4. The van der Waals surface area contributed by atoms with Crippen LogP contribution in [0.1, 0.15) is 12.5 Å². The largest absolute Gasteiger partial charge is 0.347 e. The molecular weight excluding hydrogens is 324 g/mol. The predicted molar refractivity (Wildman–Crippen MR) is 91.9 cm³/mol. The predicted octanol–water partition coefficient (Wildman–Crippen LogP) is 0.357. The summed E-state index contributed by atoms with van der Waals surface area (Å²) in [5.74, 6) is -1.28. The number of hydrogen-bond donors (Lipinski definition) is 1. The number of amides is 5. The minimum Gasteiger partial charge on any atom is -0.347 e. The third kappa shape index (κ3) is 3.96. The molecule has 1 aliphatic heterocycles. The molecule has 8 nitrogen and oxygen atoms in total. The molecule has 0 saturated carbocycles. The minimum atomic E-state index is -0.689. The summed E-state index contributed by atoms with van der Waals surface area (Å²) in [7, 11) is 3.15. The third-order valence-electron chi connectivity index (χ3n) is 4.00. The molecule has 2 rings (SSSR count). The number of imide groups is 1. The quantitative estimate of drug-likeness (QED) is 0.780. The Morgan fingerprint density at radius 2 is 1.76 bits per heavy atom. The van der Waals surface area contributed by atoms with E-state index in [4.69, 9.17) is 0 Å². The summed E-state index contributed by atoms with van der Waals surface area (Å²) < 4.78 is 0. The van der Waals surface area contributed by atoms with Crippen molar-refractivity contribution in [3.05, 3.63) is 29.8 Å². The van der Waals surface area contributed by atoms with E-state index in [9.17, 15) is 19.2 Å². The van der Waals surface area contributed by atoms with Crippen molar-refractivity contribution in [1.29, 1.82) is 0 Å². The Morgan fingerprint density at radius 3 is 2.32 bits per heavy atom. The minimum absolute atomic E-state index is 0.181. The molecule has 25 heavy (non-hydrogen) atoms. The average Bonchev–Trinajstić information content (AvgIpc) is 2.77. The highest BCUT2D eigenvalue weighted by Gasteiger charge is 2.43. The van der Waals surface area contributed by atoms with Crippen LogP contribution in [-0.2, 0) is 14.4 Å². The number of carbonyl (C=O) groups excluding carboxylic acids is 4. The van der Waals surface area contributed by atoms with Crippen molar-refractivity contribution in [3.8, 4) is 0 Å². The summed E-state index contributed by atoms with van der Waals surface area (Å²) in [6.07, 6.45) is 0. The zero-order valence-corrected chi connectivity index (χ0v) is 14.8. The summed E-state index contributed by atoms with van der Waals surface area (Å²) in [6, 6.07) is 5.98. The van der Waals surface area contributed by atoms with Gasteiger partial charge in [-0.1, -0.05) is 17.7 Å². The zero-order chi connectivity index (χ0) is 18.7. The maximum atomic E-state index is 12.6. The molecule has 0 aromatic heterocycles. The lowest BCUT2D eigenvalue weighted by atomic mass is 10.2. The van der Waals surface area contributed by atoms with Crippen molar-refractivity contribution in [3.63, 3.8) is 0 Å². The molecule has 0 radical (unpaired) electrons. The molecule has 1 aromatic carbocycles. The van der Waals surface area contributed by atoms with E-state index in [1.54, 1.807) is 33.2 Å². The molecule has 1 atom stereocenters. The topological polar surface area (TPSA) is 90.0 Å². The number of likely N-dealkylation sites (N-methyl/N-ethyl adjacent to an activating group) is 1. The van der Waals surface area contributed by atoms with Crippen LogP contribution in [0.5, 0.6) is 0 Å². The Kier molecular flexibility index (Phi) is 5.41. The lowest BCUT2D eigenvalue weighted by Gasteiger charge is -2.19. The number of benzene rings is 1. The van der Waals surface area contributed by atoms with Crippen molar-refractivity contribution in [2.24, 2.45) is 0 Å². The van der Waals surface area contributed by atoms with E-state index in [0.29, 0.717) is 5.69 Å². The summed E-state index contributed by atoms with van der Waals surface area (Å²) >= 11 is 0. The lowest BCUT2D eigenvalue weighted by Crippen LogP contribution is -2.44. The van der Waals surface area contributed by atoms with Crippen LogP contribution in [0.25, 0.3) is 0 Å². The molecule has 134 valence electrons. The van der Waals surface area contributed by atoms with Crippen LogP contribution in [0, 0.1) is 6.92 Å². The van der Waals surface area contributed by atoms with Gasteiger partial charge in [0.25, 0.3) is 5.91 Å². The van der Waals surface area contributed by atoms with Crippen LogP contribution in [0.3, 0.4) is 0 Å². The van der Waals surface area contributed by atoms with E-state index in [-0.39, 0.29) is 12.5 Å². The zero-order valence-electron chi connectivity index (χ0n) is 14.8. The molecule has 0 bridgehead atoms. The number of aryl methyl sites for hydroxylation is 1. The molecule has 0 aliphatic carbocycles. The molecule has 1 N–H and O–H groups in total. The molecule has 0 unspecified atom stereocenters. The molecule has 1 heterocycles. The van der Waals surface area contributed by atoms with Gasteiger partial charge in [0, 0.05) is 19.8 Å². The summed E-state index contributed by atoms with van der Waals surface area (Å²) in [5.41, 5.74) is 1.64. The highest BCUT2D eigenvalue weighted by atomic mass is 16.2. The Balaban J connectivity index is 2.06. The van der Waals surface area contributed by atoms with Crippen molar-refractivity contribution in [1.82, 2.24) is 15.1 Å². The molecule has 1 aromatic rings. The fourth-order valence-corrected chi connectivity index (χ4v) is 2.44. The van der Waals surface area contributed by atoms with E-state index in [0.717, 1.165) is 10.5 Å². The Bertz CT molecular complexity index is 699. The average molecular weight is 346 g/mol. The molecule has 0 spiro atoms. The molecule has 1 aliphatic rings. The number of hydrogen-bond acceptors (Lipinski definition) is 4. The van der Waals surface area contributed by atoms with Gasteiger partial charge in [0.2, 0.25) is 11.8 Å². The number of anilines is 1. The molecular formula is C17H22N4O4. The van der Waals surface area contributed by atoms with Gasteiger partial charge in [0.05, 0.1) is 6.54 Å². The lowest BCUT2D eigenvalue weighted by molar-refractivity contribution is -0.133. The first kappa shape index (κ1) is 18.4. The van der Waals surface area contributed by atoms with E-state index in [1.807, 2.05) is 19.1 Å². The van der Waals surface area contributed by atoms with Crippen LogP contribution in [0.15, 0.2) is 24.3 Å². The first-order chi connectivity index (χ1) is 11.7. The van der Waals surface area contributed by atoms with Gasteiger partial charge >= 0.3 is 6.03 Å². The number of urea groups is 1. The first-order valence-electron chi connectivity index (χ1n) is 7.90. The van der Waals surface area contributed by atoms with Crippen molar-refractivity contribution < 1.29 is 19.2 Å². The normalized spacial score (nSPS) is 17.0. The Labute approximate surface area is 146 Å². The number of nitrogens with one attached hydrogen (secondary N) is 1. The second kappa shape index (κ2) is 7.33. The molecule has 1 saturated heterocycles. The standard InChI is InChI=1S/C17H22N4O4/c1-11-5-7-13(8-6-11)21-12(2)16(24)20(17(21)25)10-14(22)18-9-15(23)19(3)4/h5-8,12H,9-10H2,1-4H3,(H,18,22)/t12-/m1/s1. The van der Waals surface area contributed by atoms with Gasteiger partial charge in [-0.25, -0.2) is 4.79 Å². The van der Waals surface area contributed by atoms with Gasteiger partial charge in [0.1, 0.15) is 12.6 Å². The van der Waals surface area contributed by atoms with Crippen LogP contribution < -0.4 is 10.2 Å². The summed E-state index contributed by atoms with van der Waals surface area (Å²) in [5, 5.41) is 2.41. The second-order valence-corrected chi connectivity index (χ2v) is 6.15. The van der Waals surface area contributed by atoms with Crippen LogP contribution in [0.2, 0.25) is 0 Å². The first-order valence-corrected chi connectivity index (χ1v) is 7.90. The van der Waals surface area contributed by atoms with Crippen LogP contribution in [-0.4, -0.2) is 66.8 Å². The van der Waals surface area contributed by atoms with Gasteiger partial charge < -0.3 is 10.2 Å². The van der Waals surface area contributed by atoms with Gasteiger partial charge in [-0.2, -0.15) is 0 Å². The molecule has 1 fully saturated rings. The Morgan fingerprint density at radius 1 is 1.16 bits per heavy atom. The van der Waals surface area contributed by atoms with Gasteiger partial charge in [-0.05, 0) is 26.0 Å². The van der Waals surface area contributed by atoms with Gasteiger partial charge in [-0.3, -0.25) is 24.2 Å². The molecule has 5 amide bonds. The van der Waals surface area contributed by atoms with E-state index in [1.165, 1.54) is 9.80 Å². The SMILES string of the molecule is Cc1ccc(N2C(=O)N(CC(=O)NCC(=O)N(C)C)C(=O)[C@H]2C)cc1. The smallest absolute Gasteiger partial charge is 0.332 e. The number of nitrogens with zero attached hydrogens (tertiary/aromatic N) is 3. The maximum Gasteiger partial charge on any atom is 0.332 e. The van der Waals surface area contributed by atoms with E-state index in [2.05, 4.69) is 5.32 Å². The maximum absolute atomic E-state index is 12.6. The van der Waals surface area contributed by atoms with Crippen molar-refractivity contribution in [2.75, 3.05) is 32.1 Å². The fourth-order valence-electron chi connectivity index (χ4n) is 2.44. The van der Waals surface area contributed by atoms with Crippen LogP contribution >= 0.6 is 0 Å². The molecule has 8 heteroatoms. The number of rotatable bonds is 5. The summed E-state index contributed by atoms with van der Waals surface area (Å²) in [4.78, 5) is 52.0. The highest BCUT2D eigenvalue weighted by molar-refractivity contribution is 6.15. The summed E-state index contributed by atoms with van der Waals surface area (Å²) in [6.45, 7) is 2.95. The monoisotopic (exact) mass is 346 g/mol. The third-order valence-corrected chi connectivity index (χ3v) is 4.00. The highest BCUT2D eigenvalue weighted by Crippen LogP contribution is 2.25. The van der Waals surface area contributed by atoms with Crippen molar-refractivity contribution >= 4 is 29.4 Å². The van der Waals surface area contributed by atoms with Crippen LogP contribution in [0.4, 0.5) is 10.5 Å². The fraction of sp³-hybridized carbons (Fsp3) is 0.412. The Hall–Kier alpha value is -2.90. The van der Waals surface area contributed by atoms with Gasteiger partial charge in [0.15, 0.2) is 0 Å². The van der Waals surface area contributed by atoms with Crippen molar-refractivity contribution in [2.45, 2.75) is 19.9 Å².